The van der Waals surface area contributed by atoms with Gasteiger partial charge in [-0.3, -0.25) is 4.79 Å². The average Bonchev–Trinajstić information content (AvgIpc) is 2.13. The Hall–Kier alpha value is -0.570. The first kappa shape index (κ1) is 14.4. The number of carbonyl (C=O) groups excluding carboxylic acids is 1. The summed E-state index contributed by atoms with van der Waals surface area (Å²) in [4.78, 5) is 13.9. The minimum atomic E-state index is 0.264. The molecule has 0 bridgehead atoms. The van der Waals surface area contributed by atoms with Crippen LogP contribution in [0.15, 0.2) is 0 Å². The average molecular weight is 214 g/mol. The molecule has 0 aliphatic heterocycles. The Labute approximate surface area is 94.2 Å². The highest BCUT2D eigenvalue weighted by Gasteiger charge is 2.17. The maximum atomic E-state index is 11.9. The van der Waals surface area contributed by atoms with Gasteiger partial charge in [0.1, 0.15) is 0 Å². The van der Waals surface area contributed by atoms with Crippen LogP contribution in [0.3, 0.4) is 0 Å². The number of amides is 1. The third-order valence-corrected chi connectivity index (χ3v) is 2.44. The van der Waals surface area contributed by atoms with E-state index in [-0.39, 0.29) is 11.9 Å². The van der Waals surface area contributed by atoms with Gasteiger partial charge >= 0.3 is 0 Å². The summed E-state index contributed by atoms with van der Waals surface area (Å²) in [5, 5.41) is 3.26. The Morgan fingerprint density at radius 2 is 1.87 bits per heavy atom. The summed E-state index contributed by atoms with van der Waals surface area (Å²) < 4.78 is 0. The topological polar surface area (TPSA) is 32.3 Å². The monoisotopic (exact) mass is 214 g/mol. The number of carbonyl (C=O) groups is 1. The molecule has 3 nitrogen and oxygen atoms in total. The predicted molar refractivity (Wildman–Crippen MR) is 64.9 cm³/mol. The van der Waals surface area contributed by atoms with Gasteiger partial charge in [0, 0.05) is 25.0 Å². The van der Waals surface area contributed by atoms with Crippen molar-refractivity contribution in [1.29, 1.82) is 0 Å². The summed E-state index contributed by atoms with van der Waals surface area (Å²) in [6.07, 6.45) is 1.63. The summed E-state index contributed by atoms with van der Waals surface area (Å²) >= 11 is 0. The second-order valence-electron chi connectivity index (χ2n) is 4.34. The van der Waals surface area contributed by atoms with Crippen LogP contribution in [0.25, 0.3) is 0 Å². The van der Waals surface area contributed by atoms with E-state index in [0.717, 1.165) is 19.5 Å². The van der Waals surface area contributed by atoms with Gasteiger partial charge in [-0.15, -0.1) is 0 Å². The SMILES string of the molecule is CCCN(C(=O)CC(C)NCC)C(C)C. The molecule has 15 heavy (non-hydrogen) atoms. The van der Waals surface area contributed by atoms with Crippen LogP contribution in [-0.4, -0.2) is 36.0 Å². The van der Waals surface area contributed by atoms with E-state index >= 15 is 0 Å². The molecule has 0 aromatic carbocycles. The van der Waals surface area contributed by atoms with Crippen molar-refractivity contribution >= 4 is 5.91 Å². The van der Waals surface area contributed by atoms with Gasteiger partial charge in [-0.05, 0) is 33.7 Å². The van der Waals surface area contributed by atoms with Crippen molar-refractivity contribution in [2.75, 3.05) is 13.1 Å². The van der Waals surface area contributed by atoms with E-state index in [1.54, 1.807) is 0 Å². The normalized spacial score (nSPS) is 12.9. The Morgan fingerprint density at radius 1 is 1.27 bits per heavy atom. The molecule has 0 rings (SSSR count). The van der Waals surface area contributed by atoms with Crippen LogP contribution >= 0.6 is 0 Å². The molecule has 0 saturated carbocycles. The molecule has 0 spiro atoms. The molecular formula is C12H26N2O. The highest BCUT2D eigenvalue weighted by molar-refractivity contribution is 5.77. The first-order valence-corrected chi connectivity index (χ1v) is 6.05. The van der Waals surface area contributed by atoms with Crippen molar-refractivity contribution < 1.29 is 4.79 Å². The van der Waals surface area contributed by atoms with Crippen LogP contribution in [0.5, 0.6) is 0 Å². The second-order valence-corrected chi connectivity index (χ2v) is 4.34. The van der Waals surface area contributed by atoms with E-state index in [2.05, 4.69) is 39.9 Å². The summed E-state index contributed by atoms with van der Waals surface area (Å²) in [6.45, 7) is 12.2. The van der Waals surface area contributed by atoms with Gasteiger partial charge in [0.25, 0.3) is 0 Å². The lowest BCUT2D eigenvalue weighted by Gasteiger charge is -2.27. The van der Waals surface area contributed by atoms with E-state index < -0.39 is 0 Å². The van der Waals surface area contributed by atoms with Crippen LogP contribution in [0.4, 0.5) is 0 Å². The number of rotatable bonds is 7. The summed E-state index contributed by atoms with van der Waals surface area (Å²) in [5.41, 5.74) is 0. The second kappa shape index (κ2) is 7.69. The van der Waals surface area contributed by atoms with Gasteiger partial charge < -0.3 is 10.2 Å². The van der Waals surface area contributed by atoms with Crippen LogP contribution in [0.2, 0.25) is 0 Å². The molecule has 0 radical (unpaired) electrons. The first-order chi connectivity index (χ1) is 7.02. The Bertz CT molecular complexity index is 180. The van der Waals surface area contributed by atoms with Gasteiger partial charge in [-0.1, -0.05) is 13.8 Å². The van der Waals surface area contributed by atoms with Gasteiger partial charge in [-0.2, -0.15) is 0 Å². The number of nitrogens with one attached hydrogen (secondary N) is 1. The molecule has 0 fully saturated rings. The molecule has 1 amide bonds. The van der Waals surface area contributed by atoms with Gasteiger partial charge in [-0.25, -0.2) is 0 Å². The lowest BCUT2D eigenvalue weighted by Crippen LogP contribution is -2.41. The van der Waals surface area contributed by atoms with E-state index in [9.17, 15) is 4.79 Å². The molecule has 0 saturated heterocycles. The van der Waals surface area contributed by atoms with E-state index in [1.807, 2.05) is 4.90 Å². The number of nitrogens with zero attached hydrogens (tertiary/aromatic N) is 1. The Kier molecular flexibility index (Phi) is 7.39. The van der Waals surface area contributed by atoms with Crippen molar-refractivity contribution in [1.82, 2.24) is 10.2 Å². The highest BCUT2D eigenvalue weighted by Crippen LogP contribution is 2.05. The van der Waals surface area contributed by atoms with Gasteiger partial charge in [0.05, 0.1) is 0 Å². The third kappa shape index (κ3) is 5.78. The van der Waals surface area contributed by atoms with Crippen molar-refractivity contribution in [3.05, 3.63) is 0 Å². The highest BCUT2D eigenvalue weighted by atomic mass is 16.2. The predicted octanol–water partition coefficient (Wildman–Crippen LogP) is 2.02. The maximum Gasteiger partial charge on any atom is 0.224 e. The molecule has 90 valence electrons. The van der Waals surface area contributed by atoms with E-state index in [1.165, 1.54) is 0 Å². The zero-order valence-electron chi connectivity index (χ0n) is 10.8. The summed E-state index contributed by atoms with van der Waals surface area (Å²) in [5.74, 6) is 0.264. The fourth-order valence-corrected chi connectivity index (χ4v) is 1.71. The Balaban J connectivity index is 4.13. The number of hydrogen-bond acceptors (Lipinski definition) is 2. The zero-order chi connectivity index (χ0) is 11.8. The fraction of sp³-hybridized carbons (Fsp3) is 0.917. The van der Waals surface area contributed by atoms with Crippen molar-refractivity contribution in [2.24, 2.45) is 0 Å². The van der Waals surface area contributed by atoms with Crippen molar-refractivity contribution in [3.63, 3.8) is 0 Å². The molecule has 0 aliphatic rings. The largest absolute Gasteiger partial charge is 0.340 e. The molecular weight excluding hydrogens is 188 g/mol. The number of hydrogen-bond donors (Lipinski definition) is 1. The summed E-state index contributed by atoms with van der Waals surface area (Å²) in [6, 6.07) is 0.590. The lowest BCUT2D eigenvalue weighted by atomic mass is 10.2. The Morgan fingerprint density at radius 3 is 2.27 bits per heavy atom. The molecule has 3 heteroatoms. The lowest BCUT2D eigenvalue weighted by molar-refractivity contribution is -0.133. The van der Waals surface area contributed by atoms with E-state index in [4.69, 9.17) is 0 Å². The molecule has 1 atom stereocenters. The fourth-order valence-electron chi connectivity index (χ4n) is 1.71. The molecule has 0 aliphatic carbocycles. The maximum absolute atomic E-state index is 11.9. The van der Waals surface area contributed by atoms with E-state index in [0.29, 0.717) is 12.5 Å². The minimum Gasteiger partial charge on any atom is -0.340 e. The standard InChI is InChI=1S/C12H26N2O/c1-6-8-14(10(3)4)12(15)9-11(5)13-7-2/h10-11,13H,6-9H2,1-5H3. The first-order valence-electron chi connectivity index (χ1n) is 6.05. The molecule has 0 aromatic rings. The van der Waals surface area contributed by atoms with Crippen molar-refractivity contribution in [3.8, 4) is 0 Å². The van der Waals surface area contributed by atoms with Gasteiger partial charge in [0.2, 0.25) is 5.91 Å². The van der Waals surface area contributed by atoms with Crippen LogP contribution in [-0.2, 0) is 4.79 Å². The third-order valence-electron chi connectivity index (χ3n) is 2.44. The van der Waals surface area contributed by atoms with Gasteiger partial charge in [0.15, 0.2) is 0 Å². The molecule has 0 heterocycles. The molecule has 1 N–H and O–H groups in total. The van der Waals surface area contributed by atoms with Crippen LogP contribution in [0, 0.1) is 0 Å². The van der Waals surface area contributed by atoms with Crippen LogP contribution < -0.4 is 5.32 Å². The molecule has 0 aromatic heterocycles. The van der Waals surface area contributed by atoms with Crippen molar-refractivity contribution in [2.45, 2.75) is 59.5 Å². The smallest absolute Gasteiger partial charge is 0.224 e. The molecule has 1 unspecified atom stereocenters. The quantitative estimate of drug-likeness (QED) is 0.703. The minimum absolute atomic E-state index is 0.264. The summed E-state index contributed by atoms with van der Waals surface area (Å²) in [7, 11) is 0. The zero-order valence-corrected chi connectivity index (χ0v) is 10.8. The van der Waals surface area contributed by atoms with Crippen LogP contribution in [0.1, 0.15) is 47.5 Å².